The van der Waals surface area contributed by atoms with Crippen LogP contribution in [0.4, 0.5) is 17.2 Å². The third kappa shape index (κ3) is 3.69. The monoisotopic (exact) mass is 414 g/mol. The Balaban J connectivity index is 1.54. The van der Waals surface area contributed by atoms with Crippen molar-refractivity contribution in [2.24, 2.45) is 0 Å². The average Bonchev–Trinajstić information content (AvgIpc) is 3.44. The highest BCUT2D eigenvalue weighted by atomic mass is 16.5. The summed E-state index contributed by atoms with van der Waals surface area (Å²) in [7, 11) is 0. The van der Waals surface area contributed by atoms with Crippen LogP contribution in [0.5, 0.6) is 0 Å². The zero-order valence-electron chi connectivity index (χ0n) is 16.3. The van der Waals surface area contributed by atoms with Crippen LogP contribution in [0.3, 0.4) is 0 Å². The van der Waals surface area contributed by atoms with Crippen LogP contribution < -0.4 is 10.6 Å². The van der Waals surface area contributed by atoms with E-state index in [-0.39, 0.29) is 18.3 Å². The minimum absolute atomic E-state index is 0.0373. The Morgan fingerprint density at radius 1 is 1.06 bits per heavy atom. The Kier molecular flexibility index (Phi) is 4.77. The first-order valence-corrected chi connectivity index (χ1v) is 9.64. The molecule has 0 fully saturated rings. The first-order valence-electron chi connectivity index (χ1n) is 9.64. The van der Waals surface area contributed by atoms with Crippen molar-refractivity contribution in [3.8, 4) is 11.3 Å². The third-order valence-electron chi connectivity index (χ3n) is 4.91. The number of nitrogens with zero attached hydrogens (tertiary/aromatic N) is 2. The molecule has 0 bridgehead atoms. The van der Waals surface area contributed by atoms with Crippen molar-refractivity contribution in [3.05, 3.63) is 77.9 Å². The van der Waals surface area contributed by atoms with E-state index in [2.05, 4.69) is 30.8 Å². The number of nitrogens with one attached hydrogen (secondary N) is 4. The van der Waals surface area contributed by atoms with E-state index in [1.54, 1.807) is 18.3 Å². The molecule has 0 aliphatic carbocycles. The molecule has 1 aliphatic rings. The molecule has 5 rings (SSSR count). The Morgan fingerprint density at radius 2 is 1.94 bits per heavy atom. The van der Waals surface area contributed by atoms with Crippen LogP contribution in [0, 0.1) is 0 Å². The fourth-order valence-electron chi connectivity index (χ4n) is 3.51. The maximum Gasteiger partial charge on any atom is 0.274 e. The smallest absolute Gasteiger partial charge is 0.274 e. The minimum Gasteiger partial charge on any atom is -0.367 e. The fraction of sp³-hybridized carbons (Fsp3) is 0.0909. The van der Waals surface area contributed by atoms with Gasteiger partial charge in [0.2, 0.25) is 0 Å². The summed E-state index contributed by atoms with van der Waals surface area (Å²) in [5.74, 6) is -0.0685. The molecule has 3 aromatic heterocycles. The molecule has 0 unspecified atom stereocenters. The third-order valence-corrected chi connectivity index (χ3v) is 4.91. The van der Waals surface area contributed by atoms with Crippen LogP contribution >= 0.6 is 0 Å². The fourth-order valence-corrected chi connectivity index (χ4v) is 3.51. The summed E-state index contributed by atoms with van der Waals surface area (Å²) < 4.78 is 5.39. The predicted molar refractivity (Wildman–Crippen MR) is 114 cm³/mol. The highest BCUT2D eigenvalue weighted by molar-refractivity contribution is 6.08. The number of carbonyl (C=O) groups is 2. The van der Waals surface area contributed by atoms with E-state index in [4.69, 9.17) is 4.74 Å². The number of fused-ring (bicyclic) bond motifs is 1. The summed E-state index contributed by atoms with van der Waals surface area (Å²) in [6.45, 7) is 0.356. The van der Waals surface area contributed by atoms with E-state index in [1.165, 1.54) is 6.20 Å². The lowest BCUT2D eigenvalue weighted by atomic mass is 10.0. The summed E-state index contributed by atoms with van der Waals surface area (Å²) in [5, 5.41) is 12.5. The molecule has 1 aromatic carbocycles. The minimum atomic E-state index is -0.348. The van der Waals surface area contributed by atoms with Crippen molar-refractivity contribution >= 4 is 28.9 Å². The van der Waals surface area contributed by atoms with Gasteiger partial charge in [0.1, 0.15) is 18.1 Å². The number of anilines is 3. The van der Waals surface area contributed by atoms with Gasteiger partial charge in [-0.2, -0.15) is 5.10 Å². The van der Waals surface area contributed by atoms with Crippen molar-refractivity contribution < 1.29 is 14.3 Å². The Labute approximate surface area is 176 Å². The Bertz CT molecular complexity index is 1250. The molecule has 4 heterocycles. The second kappa shape index (κ2) is 7.88. The number of amides is 1. The van der Waals surface area contributed by atoms with E-state index in [0.717, 1.165) is 11.3 Å². The van der Waals surface area contributed by atoms with Crippen molar-refractivity contribution in [3.63, 3.8) is 0 Å². The molecule has 1 amide bonds. The second-order valence-corrected chi connectivity index (χ2v) is 6.99. The number of benzene rings is 1. The van der Waals surface area contributed by atoms with Crippen LogP contribution in [0.15, 0.2) is 60.9 Å². The number of ether oxygens (including phenoxy) is 1. The molecule has 0 radical (unpaired) electrons. The second-order valence-electron chi connectivity index (χ2n) is 6.99. The van der Waals surface area contributed by atoms with E-state index >= 15 is 0 Å². The molecule has 0 atom stereocenters. The lowest BCUT2D eigenvalue weighted by molar-refractivity contribution is 0.0660. The number of pyridine rings is 1. The number of aromatic amines is 2. The molecule has 4 aromatic rings. The number of Topliss-reactive ketones (excluding diaryl/α,β-unsaturated/α-hetero) is 1. The van der Waals surface area contributed by atoms with E-state index < -0.39 is 0 Å². The van der Waals surface area contributed by atoms with Gasteiger partial charge in [-0.3, -0.25) is 14.7 Å². The van der Waals surface area contributed by atoms with Crippen LogP contribution in [0.2, 0.25) is 0 Å². The highest BCUT2D eigenvalue weighted by Crippen LogP contribution is 2.37. The molecule has 0 saturated carbocycles. The Morgan fingerprint density at radius 3 is 2.74 bits per heavy atom. The quantitative estimate of drug-likeness (QED) is 0.396. The summed E-state index contributed by atoms with van der Waals surface area (Å²) in [6, 6.07) is 14.7. The molecule has 1 aliphatic heterocycles. The number of carbonyl (C=O) groups excluding carboxylic acids is 2. The standard InChI is InChI=1S/C22H18N6O3/c29-17-12-31-11-16-19(17)21(25-14-4-2-1-3-5-14)20(26-16)13-6-8-23-18(10-13)27-22(30)15-7-9-24-28-15/h1-10,25-26H,11-12H2,(H,24,28)(H,23,27,30). The summed E-state index contributed by atoms with van der Waals surface area (Å²) >= 11 is 0. The van der Waals surface area contributed by atoms with Crippen molar-refractivity contribution in [2.45, 2.75) is 6.61 Å². The van der Waals surface area contributed by atoms with E-state index in [1.807, 2.05) is 36.4 Å². The van der Waals surface area contributed by atoms with Gasteiger partial charge in [0, 0.05) is 23.6 Å². The molecule has 4 N–H and O–H groups in total. The largest absolute Gasteiger partial charge is 0.367 e. The van der Waals surface area contributed by atoms with Gasteiger partial charge in [-0.15, -0.1) is 0 Å². The van der Waals surface area contributed by atoms with Crippen LogP contribution in [-0.2, 0) is 11.3 Å². The topological polar surface area (TPSA) is 125 Å². The number of para-hydroxylation sites is 1. The zero-order chi connectivity index (χ0) is 21.2. The lowest BCUT2D eigenvalue weighted by Crippen LogP contribution is -2.18. The van der Waals surface area contributed by atoms with Crippen LogP contribution in [-0.4, -0.2) is 38.5 Å². The zero-order valence-corrected chi connectivity index (χ0v) is 16.3. The summed E-state index contributed by atoms with van der Waals surface area (Å²) in [4.78, 5) is 32.5. The molecule has 154 valence electrons. The van der Waals surface area contributed by atoms with Gasteiger partial charge in [-0.05, 0) is 30.3 Å². The van der Waals surface area contributed by atoms with Gasteiger partial charge in [0.05, 0.1) is 29.2 Å². The SMILES string of the molecule is O=C(Nc1cc(-c2[nH]c3c(c2Nc2ccccc2)C(=O)COC3)ccn1)c1ccn[nH]1. The van der Waals surface area contributed by atoms with E-state index in [9.17, 15) is 9.59 Å². The molecule has 0 saturated heterocycles. The number of hydrogen-bond donors (Lipinski definition) is 4. The molecule has 31 heavy (non-hydrogen) atoms. The summed E-state index contributed by atoms with van der Waals surface area (Å²) in [5.41, 5.74) is 4.63. The summed E-state index contributed by atoms with van der Waals surface area (Å²) in [6.07, 6.45) is 3.10. The van der Waals surface area contributed by atoms with Gasteiger partial charge in [-0.25, -0.2) is 4.98 Å². The van der Waals surface area contributed by atoms with Gasteiger partial charge in [0.25, 0.3) is 5.91 Å². The average molecular weight is 414 g/mol. The molecular formula is C22H18N6O3. The molecule has 9 nitrogen and oxygen atoms in total. The molecule has 0 spiro atoms. The maximum atomic E-state index is 12.6. The van der Waals surface area contributed by atoms with Gasteiger partial charge < -0.3 is 20.4 Å². The number of rotatable bonds is 5. The van der Waals surface area contributed by atoms with Crippen LogP contribution in [0.25, 0.3) is 11.3 Å². The van der Waals surface area contributed by atoms with Gasteiger partial charge >= 0.3 is 0 Å². The number of aromatic nitrogens is 4. The maximum absolute atomic E-state index is 12.6. The van der Waals surface area contributed by atoms with E-state index in [0.29, 0.717) is 40.8 Å². The predicted octanol–water partition coefficient (Wildman–Crippen LogP) is 3.51. The number of H-pyrrole nitrogens is 2. The normalized spacial score (nSPS) is 13.0. The highest BCUT2D eigenvalue weighted by Gasteiger charge is 2.27. The molecular weight excluding hydrogens is 396 g/mol. The number of hydrogen-bond acceptors (Lipinski definition) is 6. The van der Waals surface area contributed by atoms with Gasteiger partial charge in [0.15, 0.2) is 5.78 Å². The molecule has 9 heteroatoms. The van der Waals surface area contributed by atoms with Crippen LogP contribution in [0.1, 0.15) is 26.5 Å². The van der Waals surface area contributed by atoms with Crippen molar-refractivity contribution in [1.29, 1.82) is 0 Å². The lowest BCUT2D eigenvalue weighted by Gasteiger charge is -2.14. The van der Waals surface area contributed by atoms with Crippen molar-refractivity contribution in [2.75, 3.05) is 17.2 Å². The first-order chi connectivity index (χ1) is 15.2. The number of ketones is 1. The van der Waals surface area contributed by atoms with Crippen molar-refractivity contribution in [1.82, 2.24) is 20.2 Å². The van der Waals surface area contributed by atoms with Gasteiger partial charge in [-0.1, -0.05) is 18.2 Å². The first kappa shape index (κ1) is 18.8. The Hall–Kier alpha value is -4.24.